The lowest BCUT2D eigenvalue weighted by Crippen LogP contribution is -2.61. The third kappa shape index (κ3) is 4.49. The van der Waals surface area contributed by atoms with Crippen molar-refractivity contribution >= 4 is 38.7 Å². The molecule has 0 saturated carbocycles. The summed E-state index contributed by atoms with van der Waals surface area (Å²) < 4.78 is 29.6. The van der Waals surface area contributed by atoms with Crippen LogP contribution >= 0.6 is 0 Å². The molecule has 11 nitrogen and oxygen atoms in total. The number of sulfone groups is 1. The van der Waals surface area contributed by atoms with Crippen LogP contribution in [-0.2, 0) is 14.6 Å². The molecule has 212 valence electrons. The van der Waals surface area contributed by atoms with Gasteiger partial charge in [-0.25, -0.2) is 8.42 Å². The Morgan fingerprint density at radius 1 is 1.18 bits per heavy atom. The van der Waals surface area contributed by atoms with Gasteiger partial charge >= 0.3 is 0 Å². The van der Waals surface area contributed by atoms with Crippen LogP contribution in [0.4, 0.5) is 17.1 Å². The van der Waals surface area contributed by atoms with Gasteiger partial charge in [-0.3, -0.25) is 19.2 Å². The normalized spacial score (nSPS) is 22.6. The monoisotopic (exact) mass is 568 g/mol. The van der Waals surface area contributed by atoms with Crippen LogP contribution in [0.25, 0.3) is 0 Å². The highest BCUT2D eigenvalue weighted by atomic mass is 32.2. The number of hydrogen-bond acceptors (Lipinski definition) is 9. The van der Waals surface area contributed by atoms with Crippen molar-refractivity contribution in [1.29, 1.82) is 0 Å². The van der Waals surface area contributed by atoms with Crippen LogP contribution in [0.5, 0.6) is 5.75 Å². The van der Waals surface area contributed by atoms with Crippen molar-refractivity contribution in [3.63, 3.8) is 0 Å². The predicted octanol–water partition coefficient (Wildman–Crippen LogP) is 1.63. The molecule has 2 aromatic carbocycles. The number of benzene rings is 1. The number of rotatable bonds is 8. The number of carbonyl (C=O) groups excluding carboxylic acids is 2. The number of ether oxygens (including phenoxy) is 1. The number of methoxy groups -OCH3 is 1. The minimum Gasteiger partial charge on any atom is -0.494 e. The Labute approximate surface area is 231 Å². The standard InChI is InChI=1S/C28H32N4O7S/c1-3-19(17-8-5-4-6-9-17)30-21-22(24(34)23(21)33)31-20-11-7-10-18(25(20)39-2)26(35)32-14-15-40(37,38)28(16-32)12-13-29-27(28)36/h5,7-11,19,30-31H,3-4,6,12-16H2,1-2H3,(H,29,36)/t19-,28?/m1/s1. The second-order valence-corrected chi connectivity index (χ2v) is 12.7. The third-order valence-electron chi connectivity index (χ3n) is 7.96. The van der Waals surface area contributed by atoms with Crippen molar-refractivity contribution in [2.45, 2.75) is 43.4 Å². The van der Waals surface area contributed by atoms with Crippen molar-refractivity contribution in [3.8, 4) is 5.75 Å². The van der Waals surface area contributed by atoms with E-state index in [2.05, 4.69) is 28.1 Å². The summed E-state index contributed by atoms with van der Waals surface area (Å²) in [5, 5.41) is 8.77. The average molecular weight is 569 g/mol. The number of carbonyl (C=O) groups is 2. The molecule has 2 atom stereocenters. The highest BCUT2D eigenvalue weighted by molar-refractivity contribution is 7.93. The Hall–Kier alpha value is -3.93. The van der Waals surface area contributed by atoms with Gasteiger partial charge in [0.25, 0.3) is 16.8 Å². The van der Waals surface area contributed by atoms with Gasteiger partial charge < -0.3 is 25.6 Å². The van der Waals surface area contributed by atoms with Crippen molar-refractivity contribution in [3.05, 3.63) is 68.0 Å². The zero-order valence-electron chi connectivity index (χ0n) is 22.4. The van der Waals surface area contributed by atoms with E-state index in [4.69, 9.17) is 4.74 Å². The summed E-state index contributed by atoms with van der Waals surface area (Å²) in [4.78, 5) is 52.6. The van der Waals surface area contributed by atoms with Gasteiger partial charge in [-0.15, -0.1) is 0 Å². The molecule has 1 spiro atoms. The second kappa shape index (κ2) is 10.6. The maximum absolute atomic E-state index is 13.6. The number of para-hydroxylation sites is 1. The first-order valence-corrected chi connectivity index (χ1v) is 15.0. The van der Waals surface area contributed by atoms with Crippen molar-refractivity contribution in [2.24, 2.45) is 0 Å². The van der Waals surface area contributed by atoms with Gasteiger partial charge in [-0.1, -0.05) is 31.2 Å². The highest BCUT2D eigenvalue weighted by Crippen LogP contribution is 2.36. The molecule has 3 N–H and O–H groups in total. The minimum atomic E-state index is -3.73. The van der Waals surface area contributed by atoms with Gasteiger partial charge in [0, 0.05) is 19.6 Å². The summed E-state index contributed by atoms with van der Waals surface area (Å²) in [5.74, 6) is -1.28. The van der Waals surface area contributed by atoms with Gasteiger partial charge in [0.2, 0.25) is 5.91 Å². The van der Waals surface area contributed by atoms with Crippen LogP contribution in [0, 0.1) is 0 Å². The van der Waals surface area contributed by atoms with Gasteiger partial charge in [-0.05, 0) is 43.4 Å². The molecule has 2 aliphatic heterocycles. The molecule has 2 fully saturated rings. The fraction of sp³-hybridized carbons (Fsp3) is 0.429. The first-order chi connectivity index (χ1) is 19.1. The first kappa shape index (κ1) is 27.6. The van der Waals surface area contributed by atoms with Crippen LogP contribution in [0.2, 0.25) is 0 Å². The Balaban J connectivity index is 1.41. The number of allylic oxidation sites excluding steroid dienone is 2. The summed E-state index contributed by atoms with van der Waals surface area (Å²) in [6.07, 6.45) is 8.88. The maximum atomic E-state index is 13.6. The topological polar surface area (TPSA) is 151 Å². The maximum Gasteiger partial charge on any atom is 0.257 e. The molecule has 12 heteroatoms. The molecule has 1 aliphatic carbocycles. The van der Waals surface area contributed by atoms with E-state index in [1.807, 2.05) is 13.0 Å². The smallest absolute Gasteiger partial charge is 0.257 e. The zero-order valence-corrected chi connectivity index (χ0v) is 23.2. The van der Waals surface area contributed by atoms with Gasteiger partial charge in [0.1, 0.15) is 11.4 Å². The minimum absolute atomic E-state index is 0.0636. The molecule has 2 saturated heterocycles. The highest BCUT2D eigenvalue weighted by Gasteiger charge is 2.57. The van der Waals surface area contributed by atoms with E-state index in [1.54, 1.807) is 12.1 Å². The van der Waals surface area contributed by atoms with E-state index in [0.717, 1.165) is 18.4 Å². The van der Waals surface area contributed by atoms with Crippen LogP contribution in [-0.4, -0.2) is 68.4 Å². The molecule has 1 unspecified atom stereocenters. The lowest BCUT2D eigenvalue weighted by molar-refractivity contribution is -0.121. The molecule has 0 bridgehead atoms. The summed E-state index contributed by atoms with van der Waals surface area (Å²) in [5.41, 5.74) is 0.434. The SMILES string of the molecule is CC[C@@H](Nc1c(Nc2cccc(C(=O)N3CCS(=O)(=O)C4(CCNC4=O)C3)c2OC)c(=O)c1=O)C1=CCCC=C1. The molecular formula is C28H32N4O7S. The van der Waals surface area contributed by atoms with Crippen LogP contribution in [0.3, 0.4) is 0 Å². The number of nitrogens with one attached hydrogen (secondary N) is 3. The van der Waals surface area contributed by atoms with Gasteiger partial charge in [0.15, 0.2) is 20.3 Å². The second-order valence-electron chi connectivity index (χ2n) is 10.3. The Bertz CT molecular complexity index is 1600. The average Bonchev–Trinajstić information content (AvgIpc) is 3.34. The van der Waals surface area contributed by atoms with Crippen molar-refractivity contribution in [1.82, 2.24) is 10.2 Å². The lowest BCUT2D eigenvalue weighted by atomic mass is 9.97. The molecule has 2 amide bonds. The van der Waals surface area contributed by atoms with Crippen LogP contribution < -0.4 is 31.5 Å². The van der Waals surface area contributed by atoms with Crippen molar-refractivity contribution < 1.29 is 22.7 Å². The van der Waals surface area contributed by atoms with E-state index in [0.29, 0.717) is 12.1 Å². The molecule has 2 heterocycles. The summed E-state index contributed by atoms with van der Waals surface area (Å²) >= 11 is 0. The largest absolute Gasteiger partial charge is 0.494 e. The fourth-order valence-corrected chi connectivity index (χ4v) is 7.62. The Morgan fingerprint density at radius 3 is 2.60 bits per heavy atom. The van der Waals surface area contributed by atoms with Crippen LogP contribution in [0.1, 0.15) is 43.0 Å². The summed E-state index contributed by atoms with van der Waals surface area (Å²) in [6, 6.07) is 4.60. The molecule has 3 aliphatic rings. The van der Waals surface area contributed by atoms with Gasteiger partial charge in [0.05, 0.1) is 30.2 Å². The van der Waals surface area contributed by atoms with E-state index in [9.17, 15) is 27.6 Å². The predicted molar refractivity (Wildman–Crippen MR) is 152 cm³/mol. The number of amides is 2. The number of nitrogens with zero attached hydrogens (tertiary/aromatic N) is 1. The quantitative estimate of drug-likeness (QED) is 0.404. The molecule has 2 aromatic rings. The molecular weight excluding hydrogens is 536 g/mol. The lowest BCUT2D eigenvalue weighted by Gasteiger charge is -2.38. The van der Waals surface area contributed by atoms with E-state index < -0.39 is 37.3 Å². The van der Waals surface area contributed by atoms with Gasteiger partial charge in [-0.2, -0.15) is 0 Å². The zero-order chi connectivity index (χ0) is 28.7. The number of anilines is 3. The summed E-state index contributed by atoms with van der Waals surface area (Å²) in [7, 11) is -2.36. The molecule has 0 aromatic heterocycles. The molecule has 40 heavy (non-hydrogen) atoms. The van der Waals surface area contributed by atoms with Crippen molar-refractivity contribution in [2.75, 3.05) is 43.1 Å². The van der Waals surface area contributed by atoms with E-state index in [-0.39, 0.29) is 60.5 Å². The number of hydrogen-bond donors (Lipinski definition) is 3. The first-order valence-electron chi connectivity index (χ1n) is 13.3. The Kier molecular flexibility index (Phi) is 7.30. The summed E-state index contributed by atoms with van der Waals surface area (Å²) in [6.45, 7) is 1.90. The molecule has 5 rings (SSSR count). The van der Waals surface area contributed by atoms with Crippen LogP contribution in [0.15, 0.2) is 51.6 Å². The van der Waals surface area contributed by atoms with E-state index in [1.165, 1.54) is 18.1 Å². The fourth-order valence-electron chi connectivity index (χ4n) is 5.65. The third-order valence-corrected chi connectivity index (χ3v) is 10.4. The van der Waals surface area contributed by atoms with E-state index >= 15 is 0 Å². The Morgan fingerprint density at radius 2 is 1.95 bits per heavy atom. The molecule has 0 radical (unpaired) electrons.